The van der Waals surface area contributed by atoms with E-state index in [-0.39, 0.29) is 30.0 Å². The molecule has 1 atom stereocenters. The number of para-hydroxylation sites is 2. The number of H-pyrrole nitrogens is 1. The van der Waals surface area contributed by atoms with Gasteiger partial charge in [0, 0.05) is 24.1 Å². The molecule has 0 spiro atoms. The summed E-state index contributed by atoms with van der Waals surface area (Å²) in [4.78, 5) is 28.2. The third kappa shape index (κ3) is 5.64. The van der Waals surface area contributed by atoms with Crippen molar-refractivity contribution >= 4 is 28.4 Å². The van der Waals surface area contributed by atoms with Crippen LogP contribution in [0.3, 0.4) is 0 Å². The van der Waals surface area contributed by atoms with Gasteiger partial charge in [-0.15, -0.1) is 13.2 Å². The first-order chi connectivity index (χ1) is 14.8. The van der Waals surface area contributed by atoms with Gasteiger partial charge in [0.15, 0.2) is 0 Å². The molecule has 1 unspecified atom stereocenters. The Kier molecular flexibility index (Phi) is 6.96. The van der Waals surface area contributed by atoms with Crippen LogP contribution in [0.1, 0.15) is 18.5 Å². The number of hydrogen-bond donors (Lipinski definition) is 3. The molecule has 1 aromatic heterocycles. The second-order valence-corrected chi connectivity index (χ2v) is 7.08. The van der Waals surface area contributed by atoms with Crippen LogP contribution in [0, 0.1) is 0 Å². The standard InChI is InChI=1S/C22H23F3N4O2/c23-22(24,25)29(17-8-2-1-3-9-17)21(31)19(28-20(30)11-6-12-26)14-16-13-15-7-4-5-10-18(15)27-16/h1-5,7-10,13,19,27H,6,11-12,14,26H2,(H,28,30). The fourth-order valence-corrected chi connectivity index (χ4v) is 3.32. The van der Waals surface area contributed by atoms with Crippen molar-refractivity contribution < 1.29 is 22.8 Å². The van der Waals surface area contributed by atoms with Gasteiger partial charge in [-0.05, 0) is 42.6 Å². The predicted octanol–water partition coefficient (Wildman–Crippen LogP) is 3.49. The summed E-state index contributed by atoms with van der Waals surface area (Å²) in [6.07, 6.45) is -4.70. The lowest BCUT2D eigenvalue weighted by Crippen LogP contribution is -2.54. The van der Waals surface area contributed by atoms with Gasteiger partial charge >= 0.3 is 6.30 Å². The number of hydrogen-bond acceptors (Lipinski definition) is 3. The Morgan fingerprint density at radius 2 is 1.74 bits per heavy atom. The molecule has 6 nitrogen and oxygen atoms in total. The van der Waals surface area contributed by atoms with Gasteiger partial charge in [0.05, 0.1) is 5.69 Å². The van der Waals surface area contributed by atoms with Crippen LogP contribution in [0.25, 0.3) is 10.9 Å². The van der Waals surface area contributed by atoms with Gasteiger partial charge in [-0.1, -0.05) is 36.4 Å². The quantitative estimate of drug-likeness (QED) is 0.476. The summed E-state index contributed by atoms with van der Waals surface area (Å²) in [7, 11) is 0. The molecule has 2 aromatic carbocycles. The molecule has 9 heteroatoms. The smallest absolute Gasteiger partial charge is 0.358 e. The maximum Gasteiger partial charge on any atom is 0.491 e. The van der Waals surface area contributed by atoms with Gasteiger partial charge in [0.25, 0.3) is 5.91 Å². The van der Waals surface area contributed by atoms with E-state index in [1.54, 1.807) is 12.1 Å². The molecule has 0 saturated heterocycles. The first-order valence-corrected chi connectivity index (χ1v) is 9.81. The molecule has 2 amide bonds. The Bertz CT molecular complexity index is 1000. The zero-order valence-corrected chi connectivity index (χ0v) is 16.7. The highest BCUT2D eigenvalue weighted by molar-refractivity contribution is 6.00. The van der Waals surface area contributed by atoms with Crippen LogP contribution in [-0.2, 0) is 16.0 Å². The summed E-state index contributed by atoms with van der Waals surface area (Å²) >= 11 is 0. The summed E-state index contributed by atoms with van der Waals surface area (Å²) in [5.74, 6) is -1.80. The van der Waals surface area contributed by atoms with Gasteiger partial charge in [-0.25, -0.2) is 4.90 Å². The van der Waals surface area contributed by atoms with Crippen LogP contribution in [0.4, 0.5) is 18.9 Å². The fraction of sp³-hybridized carbons (Fsp3) is 0.273. The molecular formula is C22H23F3N4O2. The van der Waals surface area contributed by atoms with E-state index in [1.807, 2.05) is 24.3 Å². The van der Waals surface area contributed by atoms with Gasteiger partial charge in [0.2, 0.25) is 5.91 Å². The molecule has 4 N–H and O–H groups in total. The molecule has 164 valence electrons. The van der Waals surface area contributed by atoms with Gasteiger partial charge in [-0.3, -0.25) is 9.59 Å². The number of amides is 2. The van der Waals surface area contributed by atoms with Crippen LogP contribution < -0.4 is 16.0 Å². The molecule has 0 aliphatic heterocycles. The number of nitrogens with two attached hydrogens (primary N) is 1. The molecule has 0 aliphatic carbocycles. The third-order valence-electron chi connectivity index (χ3n) is 4.74. The summed E-state index contributed by atoms with van der Waals surface area (Å²) in [5.41, 5.74) is 6.41. The SMILES string of the molecule is NCCCC(=O)NC(Cc1cc2ccccc2[nH]1)C(=O)N(c1ccccc1)C(F)(F)F. The van der Waals surface area contributed by atoms with Crippen molar-refractivity contribution in [2.24, 2.45) is 5.73 Å². The van der Waals surface area contributed by atoms with E-state index in [0.717, 1.165) is 10.9 Å². The van der Waals surface area contributed by atoms with Crippen molar-refractivity contribution in [2.45, 2.75) is 31.6 Å². The maximum absolute atomic E-state index is 13.8. The van der Waals surface area contributed by atoms with Crippen LogP contribution in [0.15, 0.2) is 60.7 Å². The molecule has 0 fully saturated rings. The highest BCUT2D eigenvalue weighted by Gasteiger charge is 2.45. The summed E-state index contributed by atoms with van der Waals surface area (Å²) in [5, 5.41) is 3.32. The normalized spacial score (nSPS) is 12.5. The molecule has 3 aromatic rings. The number of aromatic nitrogens is 1. The van der Waals surface area contributed by atoms with E-state index >= 15 is 0 Å². The van der Waals surface area contributed by atoms with E-state index in [0.29, 0.717) is 12.1 Å². The lowest BCUT2D eigenvalue weighted by Gasteiger charge is -2.29. The van der Waals surface area contributed by atoms with E-state index in [2.05, 4.69) is 10.3 Å². The van der Waals surface area contributed by atoms with Crippen molar-refractivity contribution in [3.8, 4) is 0 Å². The number of rotatable bonds is 8. The number of alkyl halides is 3. The Morgan fingerprint density at radius 1 is 1.06 bits per heavy atom. The maximum atomic E-state index is 13.8. The van der Waals surface area contributed by atoms with Crippen molar-refractivity contribution in [2.75, 3.05) is 11.4 Å². The Labute approximate surface area is 177 Å². The van der Waals surface area contributed by atoms with E-state index in [1.165, 1.54) is 24.3 Å². The number of halogens is 3. The first kappa shape index (κ1) is 22.4. The lowest BCUT2D eigenvalue weighted by molar-refractivity contribution is -0.152. The molecule has 0 radical (unpaired) electrons. The molecule has 1 heterocycles. The highest BCUT2D eigenvalue weighted by atomic mass is 19.4. The number of fused-ring (bicyclic) bond motifs is 1. The molecule has 0 saturated carbocycles. The Hall–Kier alpha value is -3.33. The summed E-state index contributed by atoms with van der Waals surface area (Å²) < 4.78 is 41.5. The topological polar surface area (TPSA) is 91.2 Å². The van der Waals surface area contributed by atoms with E-state index in [4.69, 9.17) is 5.73 Å². The lowest BCUT2D eigenvalue weighted by atomic mass is 10.1. The Balaban J connectivity index is 1.92. The number of carbonyl (C=O) groups is 2. The minimum atomic E-state index is -4.96. The number of nitrogens with zero attached hydrogens (tertiary/aromatic N) is 1. The molecule has 0 bridgehead atoms. The molecule has 3 rings (SSSR count). The number of aromatic amines is 1. The van der Waals surface area contributed by atoms with E-state index < -0.39 is 24.2 Å². The van der Waals surface area contributed by atoms with Gasteiger partial charge in [-0.2, -0.15) is 0 Å². The number of benzene rings is 2. The minimum Gasteiger partial charge on any atom is -0.358 e. The molecule has 0 aliphatic rings. The van der Waals surface area contributed by atoms with Crippen LogP contribution in [-0.4, -0.2) is 35.7 Å². The van der Waals surface area contributed by atoms with Crippen LogP contribution in [0.5, 0.6) is 0 Å². The zero-order chi connectivity index (χ0) is 22.4. The monoisotopic (exact) mass is 432 g/mol. The number of anilines is 1. The van der Waals surface area contributed by atoms with Crippen LogP contribution in [0.2, 0.25) is 0 Å². The second-order valence-electron chi connectivity index (χ2n) is 7.08. The summed E-state index contributed by atoms with van der Waals surface area (Å²) in [6, 6.07) is 14.4. The number of carbonyl (C=O) groups excluding carboxylic acids is 2. The van der Waals surface area contributed by atoms with Crippen molar-refractivity contribution in [3.05, 3.63) is 66.4 Å². The zero-order valence-electron chi connectivity index (χ0n) is 16.7. The van der Waals surface area contributed by atoms with Crippen LogP contribution >= 0.6 is 0 Å². The van der Waals surface area contributed by atoms with Crippen molar-refractivity contribution in [1.82, 2.24) is 10.3 Å². The third-order valence-corrected chi connectivity index (χ3v) is 4.74. The largest absolute Gasteiger partial charge is 0.491 e. The molecule has 31 heavy (non-hydrogen) atoms. The van der Waals surface area contributed by atoms with Crippen molar-refractivity contribution in [3.63, 3.8) is 0 Å². The fourth-order valence-electron chi connectivity index (χ4n) is 3.32. The second kappa shape index (κ2) is 9.65. The Morgan fingerprint density at radius 3 is 2.39 bits per heavy atom. The minimum absolute atomic E-state index is 0.0182. The predicted molar refractivity (Wildman–Crippen MR) is 112 cm³/mol. The summed E-state index contributed by atoms with van der Waals surface area (Å²) in [6.45, 7) is 0.257. The number of nitrogens with one attached hydrogen (secondary N) is 2. The van der Waals surface area contributed by atoms with Gasteiger partial charge in [0.1, 0.15) is 6.04 Å². The van der Waals surface area contributed by atoms with Gasteiger partial charge < -0.3 is 16.0 Å². The first-order valence-electron chi connectivity index (χ1n) is 9.81. The average Bonchev–Trinajstić information content (AvgIpc) is 3.14. The highest BCUT2D eigenvalue weighted by Crippen LogP contribution is 2.29. The molecular weight excluding hydrogens is 409 g/mol. The van der Waals surface area contributed by atoms with E-state index in [9.17, 15) is 22.8 Å². The van der Waals surface area contributed by atoms with Crippen molar-refractivity contribution in [1.29, 1.82) is 0 Å². The average molecular weight is 432 g/mol.